The van der Waals surface area contributed by atoms with E-state index >= 15 is 0 Å². The van der Waals surface area contributed by atoms with Crippen molar-refractivity contribution in [1.82, 2.24) is 19.5 Å². The molecule has 1 aromatic rings. The molecule has 2 aliphatic rings. The standard InChI is InChI=1S/C15H22N4O4S.C2HF3O2/c1-18-8-3-11(9-13(18)20)14(21)17-12-10-24(22,23)19(2)15(12)4-6-16-7-5-15;3-2(4,5)1(6)7/h3,8-9,12,16H,4-7,10H2,1-2H3,(H,17,21);(H,6,7). The molecule has 0 aliphatic carbocycles. The lowest BCUT2D eigenvalue weighted by atomic mass is 9.82. The van der Waals surface area contributed by atoms with Gasteiger partial charge in [0, 0.05) is 31.9 Å². The van der Waals surface area contributed by atoms with Crippen LogP contribution >= 0.6 is 0 Å². The fraction of sp³-hybridized carbons (Fsp3) is 0.588. The van der Waals surface area contributed by atoms with Crippen LogP contribution in [0.15, 0.2) is 23.1 Å². The highest BCUT2D eigenvalue weighted by Gasteiger charge is 2.55. The van der Waals surface area contributed by atoms with E-state index in [1.807, 2.05) is 0 Å². The molecule has 3 N–H and O–H groups in total. The number of carbonyl (C=O) groups excluding carboxylic acids is 1. The van der Waals surface area contributed by atoms with Gasteiger partial charge in [0.05, 0.1) is 17.3 Å². The second kappa shape index (κ2) is 8.96. The number of rotatable bonds is 2. The Morgan fingerprint density at radius 2 is 1.81 bits per heavy atom. The molecule has 2 saturated heterocycles. The summed E-state index contributed by atoms with van der Waals surface area (Å²) >= 11 is 0. The molecule has 1 aromatic heterocycles. The Hall–Kier alpha value is -2.45. The van der Waals surface area contributed by atoms with Gasteiger partial charge in [-0.25, -0.2) is 13.2 Å². The number of carboxylic acids is 1. The number of carbonyl (C=O) groups is 2. The van der Waals surface area contributed by atoms with Crippen LogP contribution in [0.5, 0.6) is 0 Å². The Bertz CT molecular complexity index is 1000. The van der Waals surface area contributed by atoms with Gasteiger partial charge in [0.1, 0.15) is 0 Å². The van der Waals surface area contributed by atoms with E-state index < -0.39 is 39.7 Å². The Kier molecular flexibility index (Phi) is 7.17. The molecule has 1 amide bonds. The maximum Gasteiger partial charge on any atom is 0.490 e. The maximum atomic E-state index is 12.5. The highest BCUT2D eigenvalue weighted by Crippen LogP contribution is 2.37. The second-order valence-corrected chi connectivity index (χ2v) is 9.34. The lowest BCUT2D eigenvalue weighted by Gasteiger charge is -2.42. The number of nitrogens with one attached hydrogen (secondary N) is 2. The minimum atomic E-state index is -5.08. The number of aromatic nitrogens is 1. The van der Waals surface area contributed by atoms with Crippen LogP contribution in [0.2, 0.25) is 0 Å². The van der Waals surface area contributed by atoms with Crippen LogP contribution in [0.25, 0.3) is 0 Å². The molecule has 0 bridgehead atoms. The Balaban J connectivity index is 0.000000423. The van der Waals surface area contributed by atoms with Crippen LogP contribution in [-0.2, 0) is 21.9 Å². The summed E-state index contributed by atoms with van der Waals surface area (Å²) in [6.07, 6.45) is -2.27. The third kappa shape index (κ3) is 5.43. The van der Waals surface area contributed by atoms with Crippen molar-refractivity contribution in [2.45, 2.75) is 30.6 Å². The zero-order chi connectivity index (χ0) is 23.6. The number of aryl methyl sites for hydroxylation is 1. The summed E-state index contributed by atoms with van der Waals surface area (Å²) < 4.78 is 59.3. The number of aliphatic carboxylic acids is 1. The van der Waals surface area contributed by atoms with E-state index in [0.717, 1.165) is 0 Å². The molecule has 14 heteroatoms. The number of piperidine rings is 1. The Morgan fingerprint density at radius 1 is 1.26 bits per heavy atom. The molecule has 10 nitrogen and oxygen atoms in total. The molecule has 3 rings (SSSR count). The minimum Gasteiger partial charge on any atom is -0.475 e. The number of alkyl halides is 3. The first-order valence-corrected chi connectivity index (χ1v) is 10.8. The SMILES string of the molecule is CN1C2(CCNCC2)C(NC(=O)c2ccn(C)c(=O)c2)CS1(=O)=O.O=C(O)C(F)(F)F. The fourth-order valence-corrected chi connectivity index (χ4v) is 5.51. The largest absolute Gasteiger partial charge is 0.490 e. The van der Waals surface area contributed by atoms with E-state index in [0.29, 0.717) is 25.9 Å². The van der Waals surface area contributed by atoms with Gasteiger partial charge < -0.3 is 20.3 Å². The maximum absolute atomic E-state index is 12.5. The molecular formula is C17H23F3N4O6S. The topological polar surface area (TPSA) is 138 Å². The molecule has 1 atom stereocenters. The first-order valence-electron chi connectivity index (χ1n) is 9.16. The van der Waals surface area contributed by atoms with Gasteiger partial charge in [-0.3, -0.25) is 9.59 Å². The normalized spacial score (nSPS) is 22.4. The molecule has 174 valence electrons. The van der Waals surface area contributed by atoms with Crippen molar-refractivity contribution >= 4 is 21.9 Å². The van der Waals surface area contributed by atoms with E-state index in [2.05, 4.69) is 10.6 Å². The monoisotopic (exact) mass is 468 g/mol. The Morgan fingerprint density at radius 3 is 2.29 bits per heavy atom. The van der Waals surface area contributed by atoms with Gasteiger partial charge in [-0.1, -0.05) is 0 Å². The second-order valence-electron chi connectivity index (χ2n) is 7.29. The van der Waals surface area contributed by atoms with Crippen molar-refractivity contribution < 1.29 is 36.3 Å². The molecule has 2 aliphatic heterocycles. The van der Waals surface area contributed by atoms with E-state index in [1.165, 1.54) is 21.1 Å². The molecule has 31 heavy (non-hydrogen) atoms. The molecule has 1 unspecified atom stereocenters. The third-order valence-electron chi connectivity index (χ3n) is 5.45. The van der Waals surface area contributed by atoms with Crippen molar-refractivity contribution in [3.8, 4) is 0 Å². The van der Waals surface area contributed by atoms with Gasteiger partial charge in [0.25, 0.3) is 11.5 Å². The molecule has 0 radical (unpaired) electrons. The first kappa shape index (κ1) is 24.8. The Labute approximate surface area is 176 Å². The number of hydrogen-bond acceptors (Lipinski definition) is 6. The first-order chi connectivity index (χ1) is 14.2. The van der Waals surface area contributed by atoms with Crippen molar-refractivity contribution in [3.63, 3.8) is 0 Å². The molecule has 0 saturated carbocycles. The van der Waals surface area contributed by atoms with Crippen molar-refractivity contribution in [2.24, 2.45) is 7.05 Å². The van der Waals surface area contributed by atoms with Crippen molar-refractivity contribution in [3.05, 3.63) is 34.2 Å². The van der Waals surface area contributed by atoms with Gasteiger partial charge in [-0.2, -0.15) is 17.5 Å². The molecule has 1 spiro atoms. The van der Waals surface area contributed by atoms with Crippen LogP contribution in [0.3, 0.4) is 0 Å². The van der Waals surface area contributed by atoms with Gasteiger partial charge in [0.15, 0.2) is 0 Å². The number of hydrogen-bond donors (Lipinski definition) is 3. The van der Waals surface area contributed by atoms with Gasteiger partial charge >= 0.3 is 12.1 Å². The number of nitrogens with zero attached hydrogens (tertiary/aromatic N) is 2. The number of pyridine rings is 1. The van der Waals surface area contributed by atoms with E-state index in [4.69, 9.17) is 9.90 Å². The summed E-state index contributed by atoms with van der Waals surface area (Å²) in [6.45, 7) is 1.41. The van der Waals surface area contributed by atoms with Crippen molar-refractivity contribution in [1.29, 1.82) is 0 Å². The number of likely N-dealkylation sites (N-methyl/N-ethyl adjacent to an activating group) is 1. The van der Waals surface area contributed by atoms with Crippen LogP contribution in [0, 0.1) is 0 Å². The van der Waals surface area contributed by atoms with Crippen LogP contribution in [0.1, 0.15) is 23.2 Å². The quantitative estimate of drug-likeness (QED) is 0.533. The van der Waals surface area contributed by atoms with Crippen molar-refractivity contribution in [2.75, 3.05) is 25.9 Å². The fourth-order valence-electron chi connectivity index (χ4n) is 3.60. The molecule has 3 heterocycles. The summed E-state index contributed by atoms with van der Waals surface area (Å²) in [5.41, 5.74) is -0.635. The summed E-state index contributed by atoms with van der Waals surface area (Å²) in [5, 5.41) is 13.2. The summed E-state index contributed by atoms with van der Waals surface area (Å²) in [4.78, 5) is 33.1. The van der Waals surface area contributed by atoms with Crippen LogP contribution < -0.4 is 16.2 Å². The smallest absolute Gasteiger partial charge is 0.475 e. The molecular weight excluding hydrogens is 445 g/mol. The van der Waals surface area contributed by atoms with Gasteiger partial charge in [0.2, 0.25) is 10.0 Å². The predicted molar refractivity (Wildman–Crippen MR) is 103 cm³/mol. The average Bonchev–Trinajstić information content (AvgIpc) is 2.85. The van der Waals surface area contributed by atoms with Gasteiger partial charge in [-0.05, 0) is 32.0 Å². The summed E-state index contributed by atoms with van der Waals surface area (Å²) in [5.74, 6) is -3.28. The minimum absolute atomic E-state index is 0.111. The van der Waals surface area contributed by atoms with E-state index in [9.17, 15) is 31.2 Å². The number of carboxylic acid groups (broad SMARTS) is 1. The zero-order valence-electron chi connectivity index (χ0n) is 16.8. The lowest BCUT2D eigenvalue weighted by Crippen LogP contribution is -2.60. The number of halogens is 3. The predicted octanol–water partition coefficient (Wildman–Crippen LogP) is -0.486. The van der Waals surface area contributed by atoms with E-state index in [1.54, 1.807) is 20.2 Å². The van der Waals surface area contributed by atoms with Crippen LogP contribution in [0.4, 0.5) is 13.2 Å². The number of amides is 1. The zero-order valence-corrected chi connectivity index (χ0v) is 17.6. The highest BCUT2D eigenvalue weighted by atomic mass is 32.2. The average molecular weight is 468 g/mol. The van der Waals surface area contributed by atoms with Crippen LogP contribution in [-0.4, -0.2) is 77.9 Å². The third-order valence-corrected chi connectivity index (χ3v) is 7.41. The highest BCUT2D eigenvalue weighted by molar-refractivity contribution is 7.89. The van der Waals surface area contributed by atoms with E-state index in [-0.39, 0.29) is 16.9 Å². The summed E-state index contributed by atoms with van der Waals surface area (Å²) in [7, 11) is -0.208. The lowest BCUT2D eigenvalue weighted by molar-refractivity contribution is -0.192. The number of sulfonamides is 1. The molecule has 0 aromatic carbocycles. The van der Waals surface area contributed by atoms with Gasteiger partial charge in [-0.15, -0.1) is 0 Å². The molecule has 2 fully saturated rings. The summed E-state index contributed by atoms with van der Waals surface area (Å²) in [6, 6.07) is 2.32.